The fourth-order valence-corrected chi connectivity index (χ4v) is 4.61. The highest BCUT2D eigenvalue weighted by Crippen LogP contribution is 2.36. The molecule has 0 aliphatic carbocycles. The van der Waals surface area contributed by atoms with E-state index < -0.39 is 8.32 Å². The first-order chi connectivity index (χ1) is 14.2. The van der Waals surface area contributed by atoms with Gasteiger partial charge >= 0.3 is 0 Å². The lowest BCUT2D eigenvalue weighted by molar-refractivity contribution is 0.277. The minimum Gasteiger partial charge on any atom is -0.417 e. The van der Waals surface area contributed by atoms with Gasteiger partial charge in [-0.2, -0.15) is 0 Å². The largest absolute Gasteiger partial charge is 0.417 e. The zero-order valence-corrected chi connectivity index (χ0v) is 21.8. The van der Waals surface area contributed by atoms with Crippen LogP contribution in [0.15, 0.2) is 49.1 Å². The molecule has 0 aliphatic rings. The topological polar surface area (TPSA) is 9.23 Å². The van der Waals surface area contributed by atoms with Crippen LogP contribution in [0.4, 0.5) is 0 Å². The summed E-state index contributed by atoms with van der Waals surface area (Å²) in [6.07, 6.45) is 17.8. The summed E-state index contributed by atoms with van der Waals surface area (Å²) >= 11 is 0. The van der Waals surface area contributed by atoms with Gasteiger partial charge in [0.15, 0.2) is 8.32 Å². The van der Waals surface area contributed by atoms with Crippen LogP contribution in [-0.2, 0) is 17.3 Å². The van der Waals surface area contributed by atoms with Crippen LogP contribution >= 0.6 is 0 Å². The monoisotopic (exact) mass is 428 g/mol. The molecule has 0 saturated carbocycles. The standard InChI is InChI=1S/C28H48OSi/c1-8-25(19-13-10-11-18-24-29-30(6,7)28(3,4)5)20-14-12-15-22-27-23-17-16-21-26(27)9-2/h8,12,15-17,21,23,25H,1,9-11,13-14,18-20,22,24H2,2-7H3/b15-12+. The van der Waals surface area contributed by atoms with E-state index in [1.54, 1.807) is 0 Å². The Morgan fingerprint density at radius 3 is 2.27 bits per heavy atom. The van der Waals surface area contributed by atoms with Crippen molar-refractivity contribution in [3.8, 4) is 0 Å². The average molecular weight is 429 g/mol. The summed E-state index contributed by atoms with van der Waals surface area (Å²) < 4.78 is 6.28. The molecule has 0 aliphatic heterocycles. The quantitative estimate of drug-likeness (QED) is 0.154. The number of rotatable bonds is 15. The van der Waals surface area contributed by atoms with Gasteiger partial charge in [0.1, 0.15) is 0 Å². The SMILES string of the molecule is C=CC(CC/C=C/Cc1ccccc1CC)CCCCCCO[Si](C)(C)C(C)(C)C. The van der Waals surface area contributed by atoms with Gasteiger partial charge in [-0.3, -0.25) is 0 Å². The van der Waals surface area contributed by atoms with Gasteiger partial charge in [0.25, 0.3) is 0 Å². The molecule has 170 valence electrons. The minimum atomic E-state index is -1.57. The van der Waals surface area contributed by atoms with Gasteiger partial charge in [-0.15, -0.1) is 6.58 Å². The Labute approximate surface area is 189 Å². The van der Waals surface area contributed by atoms with Gasteiger partial charge in [-0.1, -0.05) is 89.5 Å². The van der Waals surface area contributed by atoms with Crippen molar-refractivity contribution in [1.29, 1.82) is 0 Å². The van der Waals surface area contributed by atoms with E-state index in [-0.39, 0.29) is 0 Å². The third-order valence-electron chi connectivity index (χ3n) is 6.78. The van der Waals surface area contributed by atoms with Crippen molar-refractivity contribution in [2.24, 2.45) is 5.92 Å². The Kier molecular flexibility index (Phi) is 12.6. The number of benzene rings is 1. The number of unbranched alkanes of at least 4 members (excludes halogenated alkanes) is 3. The van der Waals surface area contributed by atoms with Crippen molar-refractivity contribution in [3.05, 3.63) is 60.2 Å². The Bertz CT molecular complexity index is 624. The number of allylic oxidation sites excluding steroid dienone is 3. The maximum Gasteiger partial charge on any atom is 0.191 e. The van der Waals surface area contributed by atoms with Gasteiger partial charge in [-0.05, 0) is 73.7 Å². The molecule has 0 spiro atoms. The third kappa shape index (κ3) is 10.3. The smallest absolute Gasteiger partial charge is 0.191 e. The molecule has 2 heteroatoms. The molecule has 0 saturated heterocycles. The van der Waals surface area contributed by atoms with Crippen LogP contribution in [0.1, 0.15) is 83.8 Å². The molecule has 0 aromatic heterocycles. The van der Waals surface area contributed by atoms with Crippen molar-refractivity contribution in [2.45, 2.75) is 104 Å². The molecule has 0 amide bonds. The van der Waals surface area contributed by atoms with Gasteiger partial charge in [0.2, 0.25) is 0 Å². The van der Waals surface area contributed by atoms with Crippen molar-refractivity contribution in [2.75, 3.05) is 6.61 Å². The molecular formula is C28H48OSi. The molecule has 1 atom stereocenters. The van der Waals surface area contributed by atoms with Crippen LogP contribution in [0.3, 0.4) is 0 Å². The zero-order chi connectivity index (χ0) is 22.5. The van der Waals surface area contributed by atoms with Crippen LogP contribution in [-0.4, -0.2) is 14.9 Å². The van der Waals surface area contributed by atoms with Gasteiger partial charge in [-0.25, -0.2) is 0 Å². The van der Waals surface area contributed by atoms with Crippen molar-refractivity contribution >= 4 is 8.32 Å². The maximum atomic E-state index is 6.28. The van der Waals surface area contributed by atoms with Crippen LogP contribution in [0.5, 0.6) is 0 Å². The molecule has 30 heavy (non-hydrogen) atoms. The van der Waals surface area contributed by atoms with Crippen molar-refractivity contribution in [1.82, 2.24) is 0 Å². The molecule has 1 aromatic carbocycles. The fourth-order valence-electron chi connectivity index (χ4n) is 3.53. The second kappa shape index (κ2) is 14.0. The molecule has 0 heterocycles. The first-order valence-electron chi connectivity index (χ1n) is 12.2. The Morgan fingerprint density at radius 1 is 0.967 bits per heavy atom. The first kappa shape index (κ1) is 26.9. The summed E-state index contributed by atoms with van der Waals surface area (Å²) in [5, 5.41) is 0.317. The highest BCUT2D eigenvalue weighted by molar-refractivity contribution is 6.74. The predicted molar refractivity (Wildman–Crippen MR) is 138 cm³/mol. The molecule has 0 N–H and O–H groups in total. The molecule has 1 nitrogen and oxygen atoms in total. The fraction of sp³-hybridized carbons (Fsp3) is 0.643. The summed E-state index contributed by atoms with van der Waals surface area (Å²) in [5.41, 5.74) is 2.94. The van der Waals surface area contributed by atoms with E-state index in [1.807, 2.05) is 0 Å². The maximum absolute atomic E-state index is 6.28. The second-order valence-electron chi connectivity index (χ2n) is 10.2. The first-order valence-corrected chi connectivity index (χ1v) is 15.1. The molecule has 0 fully saturated rings. The van der Waals surface area contributed by atoms with E-state index in [0.717, 1.165) is 25.9 Å². The molecule has 1 unspecified atom stereocenters. The molecule has 0 bridgehead atoms. The number of aryl methyl sites for hydroxylation is 1. The number of hydrogen-bond donors (Lipinski definition) is 0. The lowest BCUT2D eigenvalue weighted by Crippen LogP contribution is -2.40. The Morgan fingerprint density at radius 2 is 1.63 bits per heavy atom. The van der Waals surface area contributed by atoms with Gasteiger partial charge in [0, 0.05) is 6.61 Å². The summed E-state index contributed by atoms with van der Waals surface area (Å²) in [4.78, 5) is 0. The van der Waals surface area contributed by atoms with E-state index in [9.17, 15) is 0 Å². The highest BCUT2D eigenvalue weighted by atomic mass is 28.4. The Balaban J connectivity index is 2.15. The summed E-state index contributed by atoms with van der Waals surface area (Å²) in [5.74, 6) is 0.654. The third-order valence-corrected chi connectivity index (χ3v) is 11.3. The Hall–Kier alpha value is -1.12. The lowest BCUT2D eigenvalue weighted by atomic mass is 9.95. The van der Waals surface area contributed by atoms with Crippen LogP contribution < -0.4 is 0 Å². The molecule has 0 radical (unpaired) electrons. The highest BCUT2D eigenvalue weighted by Gasteiger charge is 2.36. The van der Waals surface area contributed by atoms with E-state index in [1.165, 1.54) is 49.7 Å². The lowest BCUT2D eigenvalue weighted by Gasteiger charge is -2.36. The minimum absolute atomic E-state index is 0.317. The normalized spacial score (nSPS) is 13.7. The molecule has 1 aromatic rings. The van der Waals surface area contributed by atoms with E-state index >= 15 is 0 Å². The van der Waals surface area contributed by atoms with E-state index in [2.05, 4.69) is 89.9 Å². The van der Waals surface area contributed by atoms with Crippen LogP contribution in [0.25, 0.3) is 0 Å². The van der Waals surface area contributed by atoms with Crippen LogP contribution in [0, 0.1) is 5.92 Å². The predicted octanol–water partition coefficient (Wildman–Crippen LogP) is 8.90. The summed E-state index contributed by atoms with van der Waals surface area (Å²) in [6, 6.07) is 8.79. The summed E-state index contributed by atoms with van der Waals surface area (Å²) in [7, 11) is -1.57. The van der Waals surface area contributed by atoms with Crippen molar-refractivity contribution < 1.29 is 4.43 Å². The molecule has 1 rings (SSSR count). The van der Waals surface area contributed by atoms with E-state index in [0.29, 0.717) is 11.0 Å². The zero-order valence-electron chi connectivity index (χ0n) is 20.8. The van der Waals surface area contributed by atoms with Crippen molar-refractivity contribution in [3.63, 3.8) is 0 Å². The van der Waals surface area contributed by atoms with Gasteiger partial charge in [0.05, 0.1) is 0 Å². The number of hydrogen-bond acceptors (Lipinski definition) is 1. The van der Waals surface area contributed by atoms with E-state index in [4.69, 9.17) is 4.43 Å². The second-order valence-corrected chi connectivity index (χ2v) is 15.0. The van der Waals surface area contributed by atoms with Gasteiger partial charge < -0.3 is 4.43 Å². The summed E-state index contributed by atoms with van der Waals surface area (Å²) in [6.45, 7) is 18.9. The molecular weight excluding hydrogens is 380 g/mol. The van der Waals surface area contributed by atoms with Crippen LogP contribution in [0.2, 0.25) is 18.1 Å². The average Bonchev–Trinajstić information content (AvgIpc) is 2.70.